The predicted octanol–water partition coefficient (Wildman–Crippen LogP) is 2.17. The summed E-state index contributed by atoms with van der Waals surface area (Å²) in [5.41, 5.74) is 6.94. The number of aromatic nitrogens is 3. The van der Waals surface area contributed by atoms with Crippen LogP contribution in [0.2, 0.25) is 0 Å². The number of anilines is 4. The number of nitrogens with one attached hydrogen (secondary N) is 4. The van der Waals surface area contributed by atoms with Crippen molar-refractivity contribution in [2.45, 2.75) is 13.8 Å². The maximum Gasteiger partial charge on any atom is 0.248 e. The van der Waals surface area contributed by atoms with Crippen LogP contribution in [0.3, 0.4) is 0 Å². The Morgan fingerprint density at radius 2 is 1.30 bits per heavy atom. The van der Waals surface area contributed by atoms with E-state index < -0.39 is 0 Å². The minimum absolute atomic E-state index is 0.454. The molecule has 0 atom stereocenters. The summed E-state index contributed by atoms with van der Waals surface area (Å²) in [6.07, 6.45) is 0. The first-order valence-corrected chi connectivity index (χ1v) is 6.62. The third-order valence-corrected chi connectivity index (χ3v) is 2.40. The molecule has 7 nitrogen and oxygen atoms in total. The molecular weight excluding hydrogens is 254 g/mol. The summed E-state index contributed by atoms with van der Waals surface area (Å²) in [5.74, 6) is 1.53. The van der Waals surface area contributed by atoms with Gasteiger partial charge in [-0.05, 0) is 26.0 Å². The molecule has 1 aromatic heterocycles. The van der Waals surface area contributed by atoms with Gasteiger partial charge in [0.25, 0.3) is 0 Å². The lowest BCUT2D eigenvalue weighted by Crippen LogP contribution is -2.15. The van der Waals surface area contributed by atoms with Crippen molar-refractivity contribution in [3.05, 3.63) is 30.3 Å². The lowest BCUT2D eigenvalue weighted by atomic mass is 10.3. The van der Waals surface area contributed by atoms with Gasteiger partial charge in [-0.3, -0.25) is 10.9 Å². The molecule has 0 amide bonds. The Kier molecular flexibility index (Phi) is 4.94. The minimum Gasteiger partial charge on any atom is -0.354 e. The Morgan fingerprint density at radius 1 is 0.750 bits per heavy atom. The highest BCUT2D eigenvalue weighted by atomic mass is 15.4. The van der Waals surface area contributed by atoms with Gasteiger partial charge in [-0.2, -0.15) is 15.0 Å². The molecule has 2 aromatic rings. The Hall–Kier alpha value is -2.57. The highest BCUT2D eigenvalue weighted by Crippen LogP contribution is 2.10. The van der Waals surface area contributed by atoms with Gasteiger partial charge in [0.1, 0.15) is 0 Å². The van der Waals surface area contributed by atoms with E-state index in [1.807, 2.05) is 44.2 Å². The van der Waals surface area contributed by atoms with Crippen LogP contribution in [0.5, 0.6) is 0 Å². The summed E-state index contributed by atoms with van der Waals surface area (Å²) < 4.78 is 0. The molecule has 7 heteroatoms. The van der Waals surface area contributed by atoms with Gasteiger partial charge in [0.15, 0.2) is 0 Å². The maximum atomic E-state index is 4.27. The molecular formula is C13H19N7. The van der Waals surface area contributed by atoms with Crippen molar-refractivity contribution in [2.75, 3.05) is 34.6 Å². The van der Waals surface area contributed by atoms with Gasteiger partial charge in [0.2, 0.25) is 17.8 Å². The van der Waals surface area contributed by atoms with Crippen molar-refractivity contribution in [2.24, 2.45) is 0 Å². The highest BCUT2D eigenvalue weighted by molar-refractivity contribution is 5.49. The minimum atomic E-state index is 0.454. The Labute approximate surface area is 118 Å². The van der Waals surface area contributed by atoms with Gasteiger partial charge >= 0.3 is 0 Å². The van der Waals surface area contributed by atoms with E-state index >= 15 is 0 Å². The molecule has 20 heavy (non-hydrogen) atoms. The van der Waals surface area contributed by atoms with E-state index in [4.69, 9.17) is 0 Å². The molecule has 106 valence electrons. The number of hydrogen-bond donors (Lipinski definition) is 4. The first-order chi connectivity index (χ1) is 9.81. The van der Waals surface area contributed by atoms with Crippen molar-refractivity contribution < 1.29 is 0 Å². The second kappa shape index (κ2) is 7.13. The predicted molar refractivity (Wildman–Crippen MR) is 81.8 cm³/mol. The van der Waals surface area contributed by atoms with Gasteiger partial charge in [0.05, 0.1) is 5.69 Å². The van der Waals surface area contributed by atoms with E-state index in [1.54, 1.807) is 0 Å². The van der Waals surface area contributed by atoms with E-state index in [0.29, 0.717) is 17.8 Å². The van der Waals surface area contributed by atoms with E-state index in [9.17, 15) is 0 Å². The Bertz CT molecular complexity index is 505. The van der Waals surface area contributed by atoms with Crippen molar-refractivity contribution in [3.63, 3.8) is 0 Å². The van der Waals surface area contributed by atoms with Gasteiger partial charge in [0, 0.05) is 13.1 Å². The van der Waals surface area contributed by atoms with Crippen molar-refractivity contribution in [3.8, 4) is 0 Å². The number of hydrazine groups is 1. The molecule has 1 aromatic carbocycles. The Morgan fingerprint density at radius 3 is 1.85 bits per heavy atom. The monoisotopic (exact) mass is 273 g/mol. The first-order valence-electron chi connectivity index (χ1n) is 6.62. The molecule has 2 rings (SSSR count). The number of hydrogen-bond acceptors (Lipinski definition) is 7. The molecule has 0 aliphatic rings. The van der Waals surface area contributed by atoms with Crippen LogP contribution < -0.4 is 21.5 Å². The van der Waals surface area contributed by atoms with Gasteiger partial charge in [-0.25, -0.2) is 0 Å². The van der Waals surface area contributed by atoms with Crippen molar-refractivity contribution in [1.29, 1.82) is 0 Å². The number of nitrogens with zero attached hydrogens (tertiary/aromatic N) is 3. The number of rotatable bonds is 7. The van der Waals surface area contributed by atoms with Crippen LogP contribution >= 0.6 is 0 Å². The largest absolute Gasteiger partial charge is 0.354 e. The van der Waals surface area contributed by atoms with E-state index in [1.165, 1.54) is 0 Å². The van der Waals surface area contributed by atoms with E-state index in [0.717, 1.165) is 18.8 Å². The van der Waals surface area contributed by atoms with Crippen molar-refractivity contribution >= 4 is 23.5 Å². The van der Waals surface area contributed by atoms with Gasteiger partial charge < -0.3 is 10.6 Å². The third kappa shape index (κ3) is 3.98. The molecule has 1 heterocycles. The van der Waals surface area contributed by atoms with E-state index in [2.05, 4.69) is 36.4 Å². The molecule has 0 radical (unpaired) electrons. The number of benzene rings is 1. The molecule has 0 unspecified atom stereocenters. The Balaban J connectivity index is 2.09. The van der Waals surface area contributed by atoms with Crippen LogP contribution in [0.1, 0.15) is 13.8 Å². The average Bonchev–Trinajstić information content (AvgIpc) is 2.47. The molecule has 0 saturated carbocycles. The van der Waals surface area contributed by atoms with E-state index in [-0.39, 0.29) is 0 Å². The number of para-hydroxylation sites is 1. The molecule has 0 fully saturated rings. The van der Waals surface area contributed by atoms with Crippen LogP contribution in [0.15, 0.2) is 30.3 Å². The summed E-state index contributed by atoms with van der Waals surface area (Å²) in [6, 6.07) is 9.76. The summed E-state index contributed by atoms with van der Waals surface area (Å²) in [5, 5.41) is 6.15. The standard InChI is InChI=1S/C13H19N7/c1-3-14-11-16-12(15-4-2)18-13(17-11)20-19-10-8-6-5-7-9-10/h5-9,19H,3-4H2,1-2H3,(H3,14,15,16,17,18,20). The third-order valence-electron chi connectivity index (χ3n) is 2.40. The lowest BCUT2D eigenvalue weighted by Gasteiger charge is -2.11. The maximum absolute atomic E-state index is 4.27. The zero-order valence-electron chi connectivity index (χ0n) is 11.6. The smallest absolute Gasteiger partial charge is 0.248 e. The quantitative estimate of drug-likeness (QED) is 0.575. The van der Waals surface area contributed by atoms with Crippen LogP contribution in [0.4, 0.5) is 23.5 Å². The second-order valence-electron chi connectivity index (χ2n) is 3.98. The summed E-state index contributed by atoms with van der Waals surface area (Å²) in [6.45, 7) is 5.49. The van der Waals surface area contributed by atoms with Crippen LogP contribution in [-0.4, -0.2) is 28.0 Å². The SMILES string of the molecule is CCNc1nc(NCC)nc(NNc2ccccc2)n1. The average molecular weight is 273 g/mol. The fourth-order valence-electron chi connectivity index (χ4n) is 1.56. The molecule has 0 saturated heterocycles. The second-order valence-corrected chi connectivity index (χ2v) is 3.98. The highest BCUT2D eigenvalue weighted by Gasteiger charge is 2.04. The molecule has 0 aliphatic heterocycles. The van der Waals surface area contributed by atoms with Gasteiger partial charge in [-0.1, -0.05) is 18.2 Å². The lowest BCUT2D eigenvalue weighted by molar-refractivity contribution is 0.998. The zero-order chi connectivity index (χ0) is 14.2. The fourth-order valence-corrected chi connectivity index (χ4v) is 1.56. The topological polar surface area (TPSA) is 86.8 Å². The van der Waals surface area contributed by atoms with Gasteiger partial charge in [-0.15, -0.1) is 0 Å². The molecule has 0 spiro atoms. The summed E-state index contributed by atoms with van der Waals surface area (Å²) in [4.78, 5) is 12.8. The van der Waals surface area contributed by atoms with Crippen LogP contribution in [-0.2, 0) is 0 Å². The fraction of sp³-hybridized carbons (Fsp3) is 0.308. The summed E-state index contributed by atoms with van der Waals surface area (Å²) in [7, 11) is 0. The first kappa shape index (κ1) is 13.9. The van der Waals surface area contributed by atoms with Crippen LogP contribution in [0.25, 0.3) is 0 Å². The van der Waals surface area contributed by atoms with Crippen LogP contribution in [0, 0.1) is 0 Å². The van der Waals surface area contributed by atoms with Crippen molar-refractivity contribution in [1.82, 2.24) is 15.0 Å². The summed E-state index contributed by atoms with van der Waals surface area (Å²) >= 11 is 0. The normalized spacial score (nSPS) is 9.90. The molecule has 0 aliphatic carbocycles. The molecule has 4 N–H and O–H groups in total. The molecule has 0 bridgehead atoms. The zero-order valence-corrected chi connectivity index (χ0v) is 11.6.